The summed E-state index contributed by atoms with van der Waals surface area (Å²) in [4.78, 5) is 29.7. The number of carboxylic acid groups (broad SMARTS) is 1. The second-order valence-corrected chi connectivity index (χ2v) is 6.65. The zero-order valence-electron chi connectivity index (χ0n) is 14.7. The molecule has 2 unspecified atom stereocenters. The molecule has 1 aliphatic heterocycles. The van der Waals surface area contributed by atoms with Gasteiger partial charge in [0, 0.05) is 24.5 Å². The zero-order chi connectivity index (χ0) is 18.5. The lowest BCUT2D eigenvalue weighted by Crippen LogP contribution is -2.49. The van der Waals surface area contributed by atoms with Gasteiger partial charge in [0.25, 0.3) is 5.91 Å². The molecule has 1 amide bonds. The molecule has 0 bridgehead atoms. The number of rotatable bonds is 5. The van der Waals surface area contributed by atoms with Crippen LogP contribution in [-0.4, -0.2) is 39.5 Å². The van der Waals surface area contributed by atoms with E-state index in [1.165, 1.54) is 4.90 Å². The highest BCUT2D eigenvalue weighted by atomic mass is 16.5. The summed E-state index contributed by atoms with van der Waals surface area (Å²) >= 11 is 0. The van der Waals surface area contributed by atoms with Gasteiger partial charge in [0.15, 0.2) is 0 Å². The van der Waals surface area contributed by atoms with Gasteiger partial charge >= 0.3 is 5.97 Å². The molecule has 0 spiro atoms. The summed E-state index contributed by atoms with van der Waals surface area (Å²) in [5, 5.41) is 9.43. The number of amides is 1. The van der Waals surface area contributed by atoms with Gasteiger partial charge in [0.05, 0.1) is 0 Å². The number of carbonyl (C=O) groups excluding carboxylic acids is 1. The fourth-order valence-corrected chi connectivity index (χ4v) is 3.12. The van der Waals surface area contributed by atoms with Crippen molar-refractivity contribution >= 4 is 11.9 Å². The molecular weight excluding hydrogens is 332 g/mol. The minimum absolute atomic E-state index is 0.245. The van der Waals surface area contributed by atoms with Crippen molar-refractivity contribution in [1.29, 1.82) is 0 Å². The van der Waals surface area contributed by atoms with E-state index >= 15 is 0 Å². The van der Waals surface area contributed by atoms with E-state index in [9.17, 15) is 14.7 Å². The first-order valence-electron chi connectivity index (χ1n) is 8.70. The summed E-state index contributed by atoms with van der Waals surface area (Å²) in [5.41, 5.74) is 1.48. The van der Waals surface area contributed by atoms with Crippen molar-refractivity contribution in [1.82, 2.24) is 9.88 Å². The number of piperidine rings is 1. The van der Waals surface area contributed by atoms with Crippen LogP contribution >= 0.6 is 0 Å². The predicted octanol–water partition coefficient (Wildman–Crippen LogP) is 2.99. The van der Waals surface area contributed by atoms with Gasteiger partial charge in [-0.2, -0.15) is 0 Å². The number of nitrogens with zero attached hydrogens (tertiary/aromatic N) is 2. The van der Waals surface area contributed by atoms with Gasteiger partial charge in [-0.15, -0.1) is 0 Å². The lowest BCUT2D eigenvalue weighted by molar-refractivity contribution is -0.144. The van der Waals surface area contributed by atoms with Gasteiger partial charge in [0.2, 0.25) is 0 Å². The summed E-state index contributed by atoms with van der Waals surface area (Å²) in [6, 6.07) is 9.83. The van der Waals surface area contributed by atoms with Crippen molar-refractivity contribution in [2.45, 2.75) is 32.4 Å². The Kier molecular flexibility index (Phi) is 5.51. The minimum Gasteiger partial charge on any atom is -0.489 e. The van der Waals surface area contributed by atoms with E-state index in [0.29, 0.717) is 36.8 Å². The van der Waals surface area contributed by atoms with Crippen molar-refractivity contribution in [3.05, 3.63) is 59.9 Å². The first-order chi connectivity index (χ1) is 12.5. The van der Waals surface area contributed by atoms with Crippen molar-refractivity contribution in [2.24, 2.45) is 5.92 Å². The third-order valence-corrected chi connectivity index (χ3v) is 4.67. The van der Waals surface area contributed by atoms with Gasteiger partial charge < -0.3 is 14.7 Å². The molecule has 6 nitrogen and oxygen atoms in total. The maximum absolute atomic E-state index is 12.7. The first-order valence-corrected chi connectivity index (χ1v) is 8.70. The normalized spacial score (nSPS) is 19.8. The maximum atomic E-state index is 12.7. The molecule has 0 aliphatic carbocycles. The quantitative estimate of drug-likeness (QED) is 0.893. The van der Waals surface area contributed by atoms with E-state index in [4.69, 9.17) is 4.74 Å². The molecular formula is C20H22N2O4. The molecule has 2 heterocycles. The number of likely N-dealkylation sites (tertiary alicyclic amines) is 1. The van der Waals surface area contributed by atoms with E-state index in [-0.39, 0.29) is 5.91 Å². The number of benzene rings is 1. The Balaban J connectivity index is 1.65. The maximum Gasteiger partial charge on any atom is 0.326 e. The fraction of sp³-hybridized carbons (Fsp3) is 0.350. The summed E-state index contributed by atoms with van der Waals surface area (Å²) in [6.45, 7) is 2.91. The third kappa shape index (κ3) is 4.20. The molecule has 2 aromatic rings. The molecule has 3 rings (SSSR count). The summed E-state index contributed by atoms with van der Waals surface area (Å²) in [7, 11) is 0. The molecule has 2 atom stereocenters. The molecule has 1 aromatic heterocycles. The zero-order valence-corrected chi connectivity index (χ0v) is 14.7. The molecule has 0 saturated carbocycles. The molecule has 1 saturated heterocycles. The molecule has 6 heteroatoms. The van der Waals surface area contributed by atoms with Crippen LogP contribution in [0.2, 0.25) is 0 Å². The second-order valence-electron chi connectivity index (χ2n) is 6.65. The van der Waals surface area contributed by atoms with E-state index in [0.717, 1.165) is 12.0 Å². The Morgan fingerprint density at radius 2 is 1.88 bits per heavy atom. The standard InChI is InChI=1S/C20H22N2O4/c1-14-8-11-22(18(12-14)20(24)25)19(23)16-2-4-17(5-3-16)26-13-15-6-9-21-10-7-15/h2-7,9-10,14,18H,8,11-13H2,1H3,(H,24,25). The smallest absolute Gasteiger partial charge is 0.326 e. The topological polar surface area (TPSA) is 79.7 Å². The summed E-state index contributed by atoms with van der Waals surface area (Å²) < 4.78 is 5.70. The van der Waals surface area contributed by atoms with Crippen molar-refractivity contribution in [3.63, 3.8) is 0 Å². The van der Waals surface area contributed by atoms with Crippen molar-refractivity contribution in [2.75, 3.05) is 6.54 Å². The van der Waals surface area contributed by atoms with Crippen LogP contribution < -0.4 is 4.74 Å². The van der Waals surface area contributed by atoms with E-state index in [1.807, 2.05) is 19.1 Å². The van der Waals surface area contributed by atoms with Crippen LogP contribution in [0, 0.1) is 5.92 Å². The molecule has 1 N–H and O–H groups in total. The number of ether oxygens (including phenoxy) is 1. The number of aliphatic carboxylic acids is 1. The molecule has 1 fully saturated rings. The Labute approximate surface area is 152 Å². The number of hydrogen-bond acceptors (Lipinski definition) is 4. The van der Waals surface area contributed by atoms with Crippen molar-refractivity contribution in [3.8, 4) is 5.75 Å². The minimum atomic E-state index is -0.942. The monoisotopic (exact) mass is 354 g/mol. The van der Waals surface area contributed by atoms with Crippen LogP contribution in [0.5, 0.6) is 5.75 Å². The lowest BCUT2D eigenvalue weighted by Gasteiger charge is -2.36. The van der Waals surface area contributed by atoms with Crippen LogP contribution in [0.15, 0.2) is 48.8 Å². The van der Waals surface area contributed by atoms with Crippen LogP contribution in [-0.2, 0) is 11.4 Å². The average Bonchev–Trinajstić information content (AvgIpc) is 2.67. The van der Waals surface area contributed by atoms with Crippen LogP contribution in [0.3, 0.4) is 0 Å². The van der Waals surface area contributed by atoms with Crippen LogP contribution in [0.25, 0.3) is 0 Å². The summed E-state index contributed by atoms with van der Waals surface area (Å²) in [5.74, 6) is -0.225. The van der Waals surface area contributed by atoms with Gasteiger partial charge in [0.1, 0.15) is 18.4 Å². The Morgan fingerprint density at radius 1 is 1.19 bits per heavy atom. The lowest BCUT2D eigenvalue weighted by atomic mass is 9.92. The second kappa shape index (κ2) is 7.99. The highest BCUT2D eigenvalue weighted by molar-refractivity contribution is 5.96. The van der Waals surface area contributed by atoms with Crippen LogP contribution in [0.1, 0.15) is 35.7 Å². The highest BCUT2D eigenvalue weighted by Crippen LogP contribution is 2.25. The van der Waals surface area contributed by atoms with Crippen molar-refractivity contribution < 1.29 is 19.4 Å². The molecule has 1 aliphatic rings. The Morgan fingerprint density at radius 3 is 2.54 bits per heavy atom. The van der Waals surface area contributed by atoms with E-state index in [1.54, 1.807) is 36.7 Å². The molecule has 1 aromatic carbocycles. The number of hydrogen-bond donors (Lipinski definition) is 1. The Hall–Kier alpha value is -2.89. The van der Waals surface area contributed by atoms with Gasteiger partial charge in [-0.05, 0) is 60.7 Å². The molecule has 0 radical (unpaired) electrons. The van der Waals surface area contributed by atoms with Crippen LogP contribution in [0.4, 0.5) is 0 Å². The third-order valence-electron chi connectivity index (χ3n) is 4.67. The van der Waals surface area contributed by atoms with E-state index < -0.39 is 12.0 Å². The molecule has 136 valence electrons. The van der Waals surface area contributed by atoms with Gasteiger partial charge in [-0.25, -0.2) is 4.79 Å². The number of carboxylic acids is 1. The first kappa shape index (κ1) is 17.9. The summed E-state index contributed by atoms with van der Waals surface area (Å²) in [6.07, 6.45) is 4.73. The number of aromatic nitrogens is 1. The van der Waals surface area contributed by atoms with E-state index in [2.05, 4.69) is 4.98 Å². The fourth-order valence-electron chi connectivity index (χ4n) is 3.12. The highest BCUT2D eigenvalue weighted by Gasteiger charge is 2.35. The van der Waals surface area contributed by atoms with Gasteiger partial charge in [-0.1, -0.05) is 6.92 Å². The Bertz CT molecular complexity index is 761. The average molecular weight is 354 g/mol. The number of carbonyl (C=O) groups is 2. The largest absolute Gasteiger partial charge is 0.489 e. The predicted molar refractivity (Wildman–Crippen MR) is 95.9 cm³/mol. The SMILES string of the molecule is CC1CCN(C(=O)c2ccc(OCc3ccncc3)cc2)C(C(=O)O)C1. The number of pyridine rings is 1. The van der Waals surface area contributed by atoms with Gasteiger partial charge in [-0.3, -0.25) is 9.78 Å². The molecule has 26 heavy (non-hydrogen) atoms.